The Morgan fingerprint density at radius 3 is 2.68 bits per heavy atom. The smallest absolute Gasteiger partial charge is 0.235 e. The minimum Gasteiger partial charge on any atom is -0.496 e. The van der Waals surface area contributed by atoms with Crippen LogP contribution in [0, 0.1) is 0 Å². The first-order valence-electron chi connectivity index (χ1n) is 6.03. The number of amides is 1. The third kappa shape index (κ3) is 3.44. The fraction of sp³-hybridized carbons (Fsp3) is 0.462. The van der Waals surface area contributed by atoms with Crippen LogP contribution in [0.5, 0.6) is 17.2 Å². The summed E-state index contributed by atoms with van der Waals surface area (Å²) >= 11 is 5.44. The quantitative estimate of drug-likeness (QED) is 0.856. The van der Waals surface area contributed by atoms with Gasteiger partial charge < -0.3 is 19.5 Å². The second kappa shape index (κ2) is 6.52. The number of methoxy groups -OCH3 is 1. The van der Waals surface area contributed by atoms with Gasteiger partial charge in [0.1, 0.15) is 11.6 Å². The van der Waals surface area contributed by atoms with Crippen LogP contribution in [0.4, 0.5) is 0 Å². The van der Waals surface area contributed by atoms with E-state index in [0.29, 0.717) is 37.0 Å². The van der Waals surface area contributed by atoms with E-state index in [-0.39, 0.29) is 11.8 Å². The molecule has 1 N–H and O–H groups in total. The maximum atomic E-state index is 11.2. The molecule has 0 fully saturated rings. The molecule has 1 heterocycles. The first kappa shape index (κ1) is 13.8. The Kier molecular flexibility index (Phi) is 4.74. The number of fused-ring (bicyclic) bond motifs is 1. The molecular formula is C13H16ClNO4. The lowest BCUT2D eigenvalue weighted by atomic mass is 10.1. The molecule has 1 aromatic rings. The number of carbonyl (C=O) groups excluding carboxylic acids is 1. The van der Waals surface area contributed by atoms with E-state index in [0.717, 1.165) is 12.0 Å². The Hall–Kier alpha value is -1.62. The summed E-state index contributed by atoms with van der Waals surface area (Å²) < 4.78 is 16.5. The average molecular weight is 286 g/mol. The molecule has 0 atom stereocenters. The molecule has 0 spiro atoms. The van der Waals surface area contributed by atoms with E-state index < -0.39 is 0 Å². The van der Waals surface area contributed by atoms with E-state index in [4.69, 9.17) is 25.8 Å². The molecule has 0 saturated carbocycles. The zero-order valence-electron chi connectivity index (χ0n) is 10.7. The fourth-order valence-electron chi connectivity index (χ4n) is 1.80. The standard InChI is InChI=1S/C13H16ClNO4/c1-17-10-6-12-11(18-3-2-4-19-12)5-9(10)8-15-13(16)7-14/h5-6H,2-4,7-8H2,1H3,(H,15,16). The van der Waals surface area contributed by atoms with Gasteiger partial charge in [0.2, 0.25) is 5.91 Å². The molecule has 2 rings (SSSR count). The van der Waals surface area contributed by atoms with Crippen molar-refractivity contribution in [3.8, 4) is 17.2 Å². The number of hydrogen-bond donors (Lipinski definition) is 1. The van der Waals surface area contributed by atoms with Crippen LogP contribution in [-0.4, -0.2) is 32.1 Å². The maximum absolute atomic E-state index is 11.2. The summed E-state index contributed by atoms with van der Waals surface area (Å²) in [6.07, 6.45) is 0.843. The SMILES string of the molecule is COc1cc2c(cc1CNC(=O)CCl)OCCCO2. The van der Waals surface area contributed by atoms with E-state index in [1.807, 2.05) is 6.07 Å². The molecule has 1 aliphatic rings. The monoisotopic (exact) mass is 285 g/mol. The van der Waals surface area contributed by atoms with Crippen molar-refractivity contribution >= 4 is 17.5 Å². The number of nitrogens with one attached hydrogen (secondary N) is 1. The Bertz CT molecular complexity index is 464. The van der Waals surface area contributed by atoms with E-state index in [9.17, 15) is 4.79 Å². The number of alkyl halides is 1. The highest BCUT2D eigenvalue weighted by Crippen LogP contribution is 2.36. The second-order valence-corrected chi connectivity index (χ2v) is 4.34. The Morgan fingerprint density at radius 1 is 1.37 bits per heavy atom. The zero-order valence-corrected chi connectivity index (χ0v) is 11.5. The molecule has 1 aromatic carbocycles. The van der Waals surface area contributed by atoms with Gasteiger partial charge in [0, 0.05) is 24.6 Å². The van der Waals surface area contributed by atoms with Gasteiger partial charge in [-0.2, -0.15) is 0 Å². The number of halogens is 1. The van der Waals surface area contributed by atoms with E-state index >= 15 is 0 Å². The summed E-state index contributed by atoms with van der Waals surface area (Å²) in [5.74, 6) is 1.71. The first-order chi connectivity index (χ1) is 9.24. The largest absolute Gasteiger partial charge is 0.496 e. The summed E-state index contributed by atoms with van der Waals surface area (Å²) in [6, 6.07) is 3.61. The van der Waals surface area contributed by atoms with Gasteiger partial charge in [0.15, 0.2) is 11.5 Å². The molecule has 0 aromatic heterocycles. The van der Waals surface area contributed by atoms with Crippen LogP contribution in [0.1, 0.15) is 12.0 Å². The summed E-state index contributed by atoms with van der Waals surface area (Å²) in [6.45, 7) is 1.58. The molecule has 0 aliphatic carbocycles. The third-order valence-electron chi connectivity index (χ3n) is 2.75. The molecule has 104 valence electrons. The highest BCUT2D eigenvalue weighted by molar-refractivity contribution is 6.27. The van der Waals surface area contributed by atoms with Crippen LogP contribution < -0.4 is 19.5 Å². The van der Waals surface area contributed by atoms with Crippen LogP contribution >= 0.6 is 11.6 Å². The van der Waals surface area contributed by atoms with Gasteiger partial charge in [-0.25, -0.2) is 0 Å². The van der Waals surface area contributed by atoms with Gasteiger partial charge in [0.05, 0.1) is 20.3 Å². The summed E-state index contributed by atoms with van der Waals surface area (Å²) in [5.41, 5.74) is 0.824. The maximum Gasteiger partial charge on any atom is 0.235 e. The molecular weight excluding hydrogens is 270 g/mol. The Labute approximate surface area is 116 Å². The van der Waals surface area contributed by atoms with Crippen molar-refractivity contribution < 1.29 is 19.0 Å². The number of ether oxygens (including phenoxy) is 3. The molecule has 1 amide bonds. The fourth-order valence-corrected chi connectivity index (χ4v) is 1.90. The minimum absolute atomic E-state index is 0.0626. The van der Waals surface area contributed by atoms with Crippen molar-refractivity contribution in [1.29, 1.82) is 0 Å². The zero-order chi connectivity index (χ0) is 13.7. The second-order valence-electron chi connectivity index (χ2n) is 4.07. The lowest BCUT2D eigenvalue weighted by Gasteiger charge is -2.14. The van der Waals surface area contributed by atoms with Gasteiger partial charge in [-0.1, -0.05) is 0 Å². The van der Waals surface area contributed by atoms with Gasteiger partial charge in [0.25, 0.3) is 0 Å². The van der Waals surface area contributed by atoms with E-state index in [2.05, 4.69) is 5.32 Å². The van der Waals surface area contributed by atoms with Crippen molar-refractivity contribution in [3.05, 3.63) is 17.7 Å². The third-order valence-corrected chi connectivity index (χ3v) is 2.99. The van der Waals surface area contributed by atoms with E-state index in [1.54, 1.807) is 13.2 Å². The predicted molar refractivity (Wildman–Crippen MR) is 71.2 cm³/mol. The van der Waals surface area contributed by atoms with Crippen molar-refractivity contribution in [2.45, 2.75) is 13.0 Å². The van der Waals surface area contributed by atoms with Crippen molar-refractivity contribution in [3.63, 3.8) is 0 Å². The summed E-state index contributed by atoms with van der Waals surface area (Å²) in [4.78, 5) is 11.2. The van der Waals surface area contributed by atoms with Gasteiger partial charge in [-0.15, -0.1) is 11.6 Å². The number of carbonyl (C=O) groups is 1. The molecule has 5 nitrogen and oxygen atoms in total. The number of rotatable bonds is 4. The molecule has 6 heteroatoms. The number of hydrogen-bond acceptors (Lipinski definition) is 4. The molecule has 0 bridgehead atoms. The molecule has 0 unspecified atom stereocenters. The van der Waals surface area contributed by atoms with Crippen LogP contribution in [-0.2, 0) is 11.3 Å². The van der Waals surface area contributed by atoms with Crippen LogP contribution in [0.3, 0.4) is 0 Å². The van der Waals surface area contributed by atoms with Crippen LogP contribution in [0.25, 0.3) is 0 Å². The van der Waals surface area contributed by atoms with Crippen molar-refractivity contribution in [1.82, 2.24) is 5.32 Å². The molecule has 1 aliphatic heterocycles. The Morgan fingerprint density at radius 2 is 2.05 bits per heavy atom. The molecule has 19 heavy (non-hydrogen) atoms. The summed E-state index contributed by atoms with van der Waals surface area (Å²) in [7, 11) is 1.58. The minimum atomic E-state index is -0.226. The lowest BCUT2D eigenvalue weighted by molar-refractivity contribution is -0.118. The van der Waals surface area contributed by atoms with Crippen molar-refractivity contribution in [2.24, 2.45) is 0 Å². The predicted octanol–water partition coefficient (Wildman–Crippen LogP) is 1.71. The summed E-state index contributed by atoms with van der Waals surface area (Å²) in [5, 5.41) is 2.70. The molecule has 0 saturated heterocycles. The van der Waals surface area contributed by atoms with Gasteiger partial charge >= 0.3 is 0 Å². The highest BCUT2D eigenvalue weighted by Gasteiger charge is 2.15. The highest BCUT2D eigenvalue weighted by atomic mass is 35.5. The van der Waals surface area contributed by atoms with Gasteiger partial charge in [-0.3, -0.25) is 4.79 Å². The Balaban J connectivity index is 2.21. The lowest BCUT2D eigenvalue weighted by Crippen LogP contribution is -2.24. The average Bonchev–Trinajstić information content (AvgIpc) is 2.67. The normalized spacial score (nSPS) is 13.6. The van der Waals surface area contributed by atoms with Gasteiger partial charge in [-0.05, 0) is 6.07 Å². The number of benzene rings is 1. The van der Waals surface area contributed by atoms with E-state index in [1.165, 1.54) is 0 Å². The molecule has 0 radical (unpaired) electrons. The van der Waals surface area contributed by atoms with Crippen LogP contribution in [0.15, 0.2) is 12.1 Å². The first-order valence-corrected chi connectivity index (χ1v) is 6.57. The van der Waals surface area contributed by atoms with Crippen molar-refractivity contribution in [2.75, 3.05) is 26.2 Å². The topological polar surface area (TPSA) is 56.8 Å². The van der Waals surface area contributed by atoms with Crippen LogP contribution in [0.2, 0.25) is 0 Å².